The maximum atomic E-state index is 15.9. The number of carbonyl (C=O) groups excluding carboxylic acids is 7. The number of esters is 4. The molecule has 3 N–H and O–H groups in total. The molecule has 11 atom stereocenters. The van der Waals surface area contributed by atoms with Gasteiger partial charge in [-0.25, -0.2) is 19.2 Å². The number of para-hydroxylation sites is 1. The number of allylic oxidation sites excluding steroid dienone is 12. The molecule has 19 heteroatoms. The van der Waals surface area contributed by atoms with E-state index in [1.54, 1.807) is 32.9 Å². The average molecular weight is 1190 g/mol. The largest absolute Gasteiger partial charge is 0.509 e. The van der Waals surface area contributed by atoms with Crippen LogP contribution < -0.4 is 10.1 Å². The Hall–Kier alpha value is -6.83. The van der Waals surface area contributed by atoms with Gasteiger partial charge < -0.3 is 58.2 Å². The lowest BCUT2D eigenvalue weighted by Gasteiger charge is -2.67. The lowest BCUT2D eigenvalue weighted by atomic mass is 9.44. The molecule has 1 amide bonds. The number of fused-ring (bicyclic) bond motifs is 5. The van der Waals surface area contributed by atoms with Crippen LogP contribution in [0.4, 0.5) is 9.59 Å². The van der Waals surface area contributed by atoms with Crippen molar-refractivity contribution in [3.8, 4) is 5.75 Å². The molecule has 3 aliphatic carbocycles. The molecule has 1 saturated heterocycles. The van der Waals surface area contributed by atoms with Gasteiger partial charge >= 0.3 is 36.1 Å². The van der Waals surface area contributed by atoms with E-state index in [4.69, 9.17) is 42.6 Å². The van der Waals surface area contributed by atoms with Gasteiger partial charge in [-0.1, -0.05) is 120 Å². The maximum Gasteiger partial charge on any atom is 0.509 e. The van der Waals surface area contributed by atoms with E-state index >= 15 is 9.59 Å². The standard InChI is InChI=1S/C66H91NO18/c1-14-15-16-17-18-19-20-21-22-23-24-25-26-27-28-29-30-31-32-37-51(70)81-53(46(38-42(2)3)67-60(74)85-62(6,7)8)59(73)80-48-40-66(76)57(83-58(72)45-35-33-34-36-47(45)77-12)55-64(11,49(69)39-50-65(55,41-79-50)84-44(5)68)56(71)54(82-61(75)78-13)52(43(48)4)63(66,9)10/h15-16,18-19,21-22,24-25,27-28,30-31,33-36,42,46,48-50,53-55,57,69,76H,14,17,20,23,26,29,32,37-41H2,1-13H3,(H,67,74)/b16-15-,19-18-,22-21-,25-24-,28-27-,31-30-/t46-,48-,49-,50+,53+,54+,55?,57?,64+,65-,66+/m0/s1. The molecule has 1 heterocycles. The number of benzene rings is 1. The highest BCUT2D eigenvalue weighted by molar-refractivity contribution is 5.96. The van der Waals surface area contributed by atoms with E-state index in [9.17, 15) is 34.2 Å². The first-order chi connectivity index (χ1) is 40.1. The predicted octanol–water partition coefficient (Wildman–Crippen LogP) is 10.8. The van der Waals surface area contributed by atoms with Crippen molar-refractivity contribution in [1.29, 1.82) is 0 Å². The first kappa shape index (κ1) is 68.9. The molecule has 3 fully saturated rings. The van der Waals surface area contributed by atoms with Gasteiger partial charge in [0.05, 0.1) is 44.3 Å². The number of aliphatic hydroxyl groups is 2. The molecule has 1 aromatic carbocycles. The molecule has 0 radical (unpaired) electrons. The molecule has 19 nitrogen and oxygen atoms in total. The maximum absolute atomic E-state index is 15.9. The van der Waals surface area contributed by atoms with Crippen molar-refractivity contribution in [3.63, 3.8) is 0 Å². The molecule has 5 rings (SSSR count). The topological polar surface area (TPSA) is 255 Å². The summed E-state index contributed by atoms with van der Waals surface area (Å²) in [7, 11) is 2.36. The summed E-state index contributed by atoms with van der Waals surface area (Å²) in [5.41, 5.74) is -9.48. The Balaban J connectivity index is 1.53. The van der Waals surface area contributed by atoms with Crippen LogP contribution in [0.1, 0.15) is 157 Å². The second kappa shape index (κ2) is 30.5. The van der Waals surface area contributed by atoms with Gasteiger partial charge in [-0.15, -0.1) is 0 Å². The lowest BCUT2D eigenvalue weighted by molar-refractivity contribution is -0.346. The van der Waals surface area contributed by atoms with Crippen molar-refractivity contribution in [1.82, 2.24) is 5.32 Å². The molecule has 1 aromatic rings. The molecule has 0 spiro atoms. The van der Waals surface area contributed by atoms with Gasteiger partial charge in [0.1, 0.15) is 40.8 Å². The smallest absolute Gasteiger partial charge is 0.496 e. The Labute approximate surface area is 501 Å². The van der Waals surface area contributed by atoms with Crippen LogP contribution >= 0.6 is 0 Å². The molecule has 0 aromatic heterocycles. The second-order valence-electron chi connectivity index (χ2n) is 24.2. The number of rotatable bonds is 26. The molecule has 85 heavy (non-hydrogen) atoms. The van der Waals surface area contributed by atoms with Gasteiger partial charge in [-0.05, 0) is 115 Å². The predicted molar refractivity (Wildman–Crippen MR) is 317 cm³/mol. The van der Waals surface area contributed by atoms with E-state index in [1.807, 2.05) is 38.2 Å². The fourth-order valence-corrected chi connectivity index (χ4v) is 12.0. The highest BCUT2D eigenvalue weighted by atomic mass is 16.7. The summed E-state index contributed by atoms with van der Waals surface area (Å²) in [5.74, 6) is -6.65. The molecular formula is C66H91NO18. The Morgan fingerprint density at radius 3 is 1.93 bits per heavy atom. The minimum atomic E-state index is -2.53. The lowest BCUT2D eigenvalue weighted by Crippen LogP contribution is -2.82. The number of nitrogens with one attached hydrogen (secondary N) is 1. The van der Waals surface area contributed by atoms with E-state index in [0.29, 0.717) is 6.42 Å². The minimum Gasteiger partial charge on any atom is -0.496 e. The van der Waals surface area contributed by atoms with Gasteiger partial charge in [-0.3, -0.25) is 14.4 Å². The zero-order chi connectivity index (χ0) is 62.9. The van der Waals surface area contributed by atoms with Crippen LogP contribution in [-0.4, -0.2) is 132 Å². The van der Waals surface area contributed by atoms with Crippen molar-refractivity contribution in [2.45, 2.75) is 206 Å². The van der Waals surface area contributed by atoms with E-state index in [0.717, 1.165) is 46.1 Å². The van der Waals surface area contributed by atoms with Gasteiger partial charge in [-0.2, -0.15) is 0 Å². The van der Waals surface area contributed by atoms with Crippen LogP contribution in [0.25, 0.3) is 0 Å². The quantitative estimate of drug-likeness (QED) is 0.0443. The number of hydrogen-bond donors (Lipinski definition) is 3. The highest BCUT2D eigenvalue weighted by Crippen LogP contribution is 2.64. The van der Waals surface area contributed by atoms with E-state index < -0.39 is 125 Å². The van der Waals surface area contributed by atoms with E-state index in [2.05, 4.69) is 60.8 Å². The normalized spacial score (nSPS) is 27.2. The van der Waals surface area contributed by atoms with Gasteiger partial charge in [0, 0.05) is 31.6 Å². The number of ether oxygens (including phenoxy) is 9. The van der Waals surface area contributed by atoms with Crippen molar-refractivity contribution < 1.29 is 86.4 Å². The zero-order valence-electron chi connectivity index (χ0n) is 51.8. The Morgan fingerprint density at radius 1 is 0.835 bits per heavy atom. The third kappa shape index (κ3) is 16.8. The third-order valence-electron chi connectivity index (χ3n) is 16.3. The summed E-state index contributed by atoms with van der Waals surface area (Å²) >= 11 is 0. The number of carbonyl (C=O) groups is 7. The second-order valence-corrected chi connectivity index (χ2v) is 24.2. The summed E-state index contributed by atoms with van der Waals surface area (Å²) < 4.78 is 53.1. The highest BCUT2D eigenvalue weighted by Gasteiger charge is 2.78. The van der Waals surface area contributed by atoms with Gasteiger partial charge in [0.15, 0.2) is 17.5 Å². The van der Waals surface area contributed by atoms with Crippen LogP contribution in [-0.2, 0) is 57.1 Å². The van der Waals surface area contributed by atoms with Crippen LogP contribution in [0.2, 0.25) is 0 Å². The number of methoxy groups -OCH3 is 2. The molecule has 2 bridgehead atoms. The Bertz CT molecular complexity index is 2740. The summed E-state index contributed by atoms with van der Waals surface area (Å²) in [6.45, 7) is 17.4. The number of alkyl carbamates (subject to hydrolysis) is 1. The average Bonchev–Trinajstić information content (AvgIpc) is 0.692. The number of aliphatic hydroxyl groups excluding tert-OH is 1. The molecule has 4 aliphatic rings. The van der Waals surface area contributed by atoms with Crippen molar-refractivity contribution >= 4 is 41.9 Å². The van der Waals surface area contributed by atoms with Crippen molar-refractivity contribution in [2.75, 3.05) is 20.8 Å². The summed E-state index contributed by atoms with van der Waals surface area (Å²) in [6, 6.07) is 4.85. The summed E-state index contributed by atoms with van der Waals surface area (Å²) in [6.07, 6.45) is 16.7. The van der Waals surface area contributed by atoms with Crippen molar-refractivity contribution in [3.05, 3.63) is 114 Å². The minimum absolute atomic E-state index is 0.0652. The van der Waals surface area contributed by atoms with Gasteiger partial charge in [0.2, 0.25) is 6.10 Å². The van der Waals surface area contributed by atoms with Gasteiger partial charge in [0.25, 0.3) is 0 Å². The number of Topliss-reactive ketones (excluding diaryl/α,β-unsaturated/α-hetero) is 1. The Kier molecular flexibility index (Phi) is 24.7. The van der Waals surface area contributed by atoms with Crippen LogP contribution in [0.15, 0.2) is 108 Å². The van der Waals surface area contributed by atoms with E-state index in [-0.39, 0.29) is 60.7 Å². The molecular weight excluding hydrogens is 1090 g/mol. The van der Waals surface area contributed by atoms with Crippen molar-refractivity contribution in [2.24, 2.45) is 22.7 Å². The monoisotopic (exact) mass is 1190 g/mol. The van der Waals surface area contributed by atoms with Crippen LogP contribution in [0.3, 0.4) is 0 Å². The number of hydrogen-bond acceptors (Lipinski definition) is 18. The summed E-state index contributed by atoms with van der Waals surface area (Å²) in [5, 5.41) is 29.1. The van der Waals surface area contributed by atoms with Crippen LogP contribution in [0.5, 0.6) is 5.75 Å². The number of amides is 1. The molecule has 2 saturated carbocycles. The Morgan fingerprint density at radius 2 is 1.41 bits per heavy atom. The van der Waals surface area contributed by atoms with Crippen LogP contribution in [0, 0.1) is 22.7 Å². The third-order valence-corrected chi connectivity index (χ3v) is 16.3. The SMILES string of the molecule is CC/C=C\C/C=C\C/C=C\C/C=C\C/C=C\C/C=C\CCC(=O)O[C@@H](C(=O)O[C@H]1C[C@@]2(O)C(OC(=O)c3ccccc3OC)C3[C@](C)(C(=O)[C@H](OC(=O)OC)C(=C1C)C2(C)C)[C@@H](O)C[C@H]1OC[C@@]31OC(C)=O)[C@H](CC(C)C)NC(=O)OC(C)(C)C. The zero-order valence-corrected chi connectivity index (χ0v) is 51.8. The molecule has 468 valence electrons. The fraction of sp³-hybridized carbons (Fsp3) is 0.591. The summed E-state index contributed by atoms with van der Waals surface area (Å²) in [4.78, 5) is 100. The van der Waals surface area contributed by atoms with E-state index in [1.165, 1.54) is 46.9 Å². The molecule has 1 aliphatic heterocycles. The molecule has 2 unspecified atom stereocenters. The first-order valence-corrected chi connectivity index (χ1v) is 29.5. The number of ketones is 1. The fourth-order valence-electron chi connectivity index (χ4n) is 12.0. The first-order valence-electron chi connectivity index (χ1n) is 29.5.